The van der Waals surface area contributed by atoms with Gasteiger partial charge in [-0.15, -0.1) is 0 Å². The quantitative estimate of drug-likeness (QED) is 0.599. The van der Waals surface area contributed by atoms with Crippen LogP contribution in [0.15, 0.2) is 61.2 Å². The van der Waals surface area contributed by atoms with Gasteiger partial charge >= 0.3 is 0 Å². The molecule has 6 nitrogen and oxygen atoms in total. The molecule has 3 aromatic heterocycles. The third kappa shape index (κ3) is 3.23. The number of aromatic nitrogens is 5. The molecule has 0 spiro atoms. The van der Waals surface area contributed by atoms with Crippen molar-refractivity contribution < 1.29 is 4.39 Å². The van der Waals surface area contributed by atoms with Gasteiger partial charge in [0.2, 0.25) is 0 Å². The summed E-state index contributed by atoms with van der Waals surface area (Å²) in [7, 11) is 0. The number of benzene rings is 1. The first-order chi connectivity index (χ1) is 12.7. The molecule has 1 unspecified atom stereocenters. The first kappa shape index (κ1) is 16.1. The van der Waals surface area contributed by atoms with Crippen LogP contribution < -0.4 is 5.32 Å². The Labute approximate surface area is 149 Å². The minimum atomic E-state index is -0.303. The fourth-order valence-electron chi connectivity index (χ4n) is 2.88. The monoisotopic (exact) mass is 348 g/mol. The van der Waals surface area contributed by atoms with Gasteiger partial charge in [-0.1, -0.05) is 12.1 Å². The normalized spacial score (nSPS) is 12.2. The van der Waals surface area contributed by atoms with Crippen molar-refractivity contribution in [1.29, 1.82) is 0 Å². The molecule has 4 aromatic rings. The highest BCUT2D eigenvalue weighted by Gasteiger charge is 2.13. The summed E-state index contributed by atoms with van der Waals surface area (Å²) in [4.78, 5) is 12.9. The lowest BCUT2D eigenvalue weighted by molar-refractivity contribution is 0.630. The molecule has 3 heterocycles. The van der Waals surface area contributed by atoms with E-state index in [0.717, 1.165) is 11.5 Å². The standard InChI is InChI=1S/C19H17FN6/c1-13(10-14-12-21-8-9-22-14)24-19-11-17(15-4-2-3-5-16(15)20)25-18-6-7-23-26(18)19/h2-9,11-13,24H,10H2,1H3. The molecule has 0 amide bonds. The van der Waals surface area contributed by atoms with Crippen molar-refractivity contribution in [2.75, 3.05) is 5.32 Å². The molecule has 1 aromatic carbocycles. The minimum Gasteiger partial charge on any atom is -0.367 e. The molecular weight excluding hydrogens is 331 g/mol. The summed E-state index contributed by atoms with van der Waals surface area (Å²) in [5.41, 5.74) is 2.57. The topological polar surface area (TPSA) is 68.0 Å². The van der Waals surface area contributed by atoms with E-state index >= 15 is 0 Å². The Morgan fingerprint density at radius 3 is 2.85 bits per heavy atom. The van der Waals surface area contributed by atoms with E-state index in [4.69, 9.17) is 0 Å². The molecule has 130 valence electrons. The number of nitrogens with one attached hydrogen (secondary N) is 1. The van der Waals surface area contributed by atoms with Gasteiger partial charge in [-0.05, 0) is 19.1 Å². The molecule has 26 heavy (non-hydrogen) atoms. The maximum Gasteiger partial charge on any atom is 0.157 e. The molecule has 0 aliphatic carbocycles. The zero-order chi connectivity index (χ0) is 17.9. The van der Waals surface area contributed by atoms with Gasteiger partial charge in [0.25, 0.3) is 0 Å². The molecule has 0 aliphatic rings. The summed E-state index contributed by atoms with van der Waals surface area (Å²) in [5, 5.41) is 7.73. The SMILES string of the molecule is CC(Cc1cnccn1)Nc1cc(-c2ccccc2F)nc2ccnn12. The second-order valence-corrected chi connectivity index (χ2v) is 6.05. The van der Waals surface area contributed by atoms with Crippen molar-refractivity contribution in [1.82, 2.24) is 24.6 Å². The largest absolute Gasteiger partial charge is 0.367 e. The van der Waals surface area contributed by atoms with Crippen molar-refractivity contribution in [2.45, 2.75) is 19.4 Å². The van der Waals surface area contributed by atoms with Crippen LogP contribution in [0.4, 0.5) is 10.2 Å². The molecule has 0 fully saturated rings. The van der Waals surface area contributed by atoms with Gasteiger partial charge in [-0.25, -0.2) is 9.37 Å². The van der Waals surface area contributed by atoms with Crippen molar-refractivity contribution in [3.63, 3.8) is 0 Å². The van der Waals surface area contributed by atoms with E-state index < -0.39 is 0 Å². The number of fused-ring (bicyclic) bond motifs is 1. The van der Waals surface area contributed by atoms with Crippen molar-refractivity contribution in [3.8, 4) is 11.3 Å². The summed E-state index contributed by atoms with van der Waals surface area (Å²) in [6, 6.07) is 10.3. The number of nitrogens with zero attached hydrogens (tertiary/aromatic N) is 5. The highest BCUT2D eigenvalue weighted by atomic mass is 19.1. The average Bonchev–Trinajstić information content (AvgIpc) is 3.12. The highest BCUT2D eigenvalue weighted by Crippen LogP contribution is 2.25. The van der Waals surface area contributed by atoms with Gasteiger partial charge in [0.05, 0.1) is 17.6 Å². The molecule has 1 N–H and O–H groups in total. The van der Waals surface area contributed by atoms with Gasteiger partial charge < -0.3 is 5.32 Å². The Morgan fingerprint density at radius 1 is 1.15 bits per heavy atom. The zero-order valence-corrected chi connectivity index (χ0v) is 14.2. The number of anilines is 1. The Morgan fingerprint density at radius 2 is 2.04 bits per heavy atom. The number of hydrogen-bond acceptors (Lipinski definition) is 5. The zero-order valence-electron chi connectivity index (χ0n) is 14.2. The number of halogens is 1. The predicted molar refractivity (Wildman–Crippen MR) is 97.2 cm³/mol. The molecule has 0 radical (unpaired) electrons. The van der Waals surface area contributed by atoms with Gasteiger partial charge in [0, 0.05) is 48.7 Å². The van der Waals surface area contributed by atoms with Gasteiger partial charge in [0.15, 0.2) is 5.65 Å². The third-order valence-electron chi connectivity index (χ3n) is 4.04. The van der Waals surface area contributed by atoms with E-state index in [1.54, 1.807) is 53.6 Å². The predicted octanol–water partition coefficient (Wildman–Crippen LogP) is 3.37. The molecule has 4 rings (SSSR count). The highest BCUT2D eigenvalue weighted by molar-refractivity contribution is 5.67. The van der Waals surface area contributed by atoms with Gasteiger partial charge in [-0.2, -0.15) is 9.61 Å². The second-order valence-electron chi connectivity index (χ2n) is 6.05. The summed E-state index contributed by atoms with van der Waals surface area (Å²) < 4.78 is 15.9. The summed E-state index contributed by atoms with van der Waals surface area (Å²) in [6.45, 7) is 2.05. The lowest BCUT2D eigenvalue weighted by Gasteiger charge is -2.16. The summed E-state index contributed by atoms with van der Waals surface area (Å²) in [5.74, 6) is 0.442. The Balaban J connectivity index is 1.68. The van der Waals surface area contributed by atoms with E-state index in [0.29, 0.717) is 23.3 Å². The van der Waals surface area contributed by atoms with Crippen LogP contribution in [0.1, 0.15) is 12.6 Å². The number of hydrogen-bond donors (Lipinski definition) is 1. The van der Waals surface area contributed by atoms with Crippen molar-refractivity contribution in [3.05, 3.63) is 72.7 Å². The summed E-state index contributed by atoms with van der Waals surface area (Å²) >= 11 is 0. The third-order valence-corrected chi connectivity index (χ3v) is 4.04. The van der Waals surface area contributed by atoms with Gasteiger partial charge in [-0.3, -0.25) is 9.97 Å². The van der Waals surface area contributed by atoms with Crippen LogP contribution in [-0.2, 0) is 6.42 Å². The molecule has 1 atom stereocenters. The van der Waals surface area contributed by atoms with Crippen molar-refractivity contribution >= 4 is 11.5 Å². The smallest absolute Gasteiger partial charge is 0.157 e. The van der Waals surface area contributed by atoms with Crippen LogP contribution in [0, 0.1) is 5.82 Å². The Hall–Kier alpha value is -3.35. The number of rotatable bonds is 5. The fourth-order valence-corrected chi connectivity index (χ4v) is 2.88. The maximum atomic E-state index is 14.2. The van der Waals surface area contributed by atoms with Crippen LogP contribution in [0.5, 0.6) is 0 Å². The molecule has 7 heteroatoms. The van der Waals surface area contributed by atoms with E-state index in [-0.39, 0.29) is 11.9 Å². The van der Waals surface area contributed by atoms with E-state index in [1.165, 1.54) is 6.07 Å². The Bertz CT molecular complexity index is 1030. The van der Waals surface area contributed by atoms with E-state index in [1.807, 2.05) is 13.0 Å². The van der Waals surface area contributed by atoms with Crippen LogP contribution in [0.3, 0.4) is 0 Å². The van der Waals surface area contributed by atoms with Gasteiger partial charge in [0.1, 0.15) is 11.6 Å². The Kier molecular flexibility index (Phi) is 4.27. The lowest BCUT2D eigenvalue weighted by atomic mass is 10.1. The summed E-state index contributed by atoms with van der Waals surface area (Å²) in [6.07, 6.45) is 7.45. The van der Waals surface area contributed by atoms with Crippen molar-refractivity contribution in [2.24, 2.45) is 0 Å². The van der Waals surface area contributed by atoms with E-state index in [9.17, 15) is 4.39 Å². The minimum absolute atomic E-state index is 0.0787. The fraction of sp³-hybridized carbons (Fsp3) is 0.158. The lowest BCUT2D eigenvalue weighted by Crippen LogP contribution is -2.21. The second kappa shape index (κ2) is 6.87. The first-order valence-corrected chi connectivity index (χ1v) is 8.32. The van der Waals surface area contributed by atoms with Crippen LogP contribution in [0.2, 0.25) is 0 Å². The molecule has 0 aliphatic heterocycles. The van der Waals surface area contributed by atoms with E-state index in [2.05, 4.69) is 25.4 Å². The first-order valence-electron chi connectivity index (χ1n) is 8.32. The molecule has 0 bridgehead atoms. The molecule has 0 saturated carbocycles. The van der Waals surface area contributed by atoms with Crippen LogP contribution in [-0.4, -0.2) is 30.6 Å². The van der Waals surface area contributed by atoms with Crippen LogP contribution >= 0.6 is 0 Å². The molecule has 0 saturated heterocycles. The van der Waals surface area contributed by atoms with Crippen LogP contribution in [0.25, 0.3) is 16.9 Å². The average molecular weight is 348 g/mol. The maximum absolute atomic E-state index is 14.2. The molecular formula is C19H17FN6.